The van der Waals surface area contributed by atoms with E-state index in [1.807, 2.05) is 5.10 Å². The minimum atomic E-state index is -0.470. The molecule has 0 aromatic rings. The number of hydrogen-bond acceptors (Lipinski definition) is 5. The van der Waals surface area contributed by atoms with Gasteiger partial charge in [-0.15, -0.1) is 5.10 Å². The zero-order valence-electron chi connectivity index (χ0n) is 5.22. The summed E-state index contributed by atoms with van der Waals surface area (Å²) in [6, 6.07) is 0. The van der Waals surface area contributed by atoms with E-state index in [-0.39, 0.29) is 11.4 Å². The fourth-order valence-corrected chi connectivity index (χ4v) is 0.753. The fraction of sp³-hybridized carbons (Fsp3) is 0. The van der Waals surface area contributed by atoms with Gasteiger partial charge in [-0.3, -0.25) is 4.79 Å². The van der Waals surface area contributed by atoms with E-state index >= 15 is 0 Å². The van der Waals surface area contributed by atoms with Crippen LogP contribution in [0.3, 0.4) is 0 Å². The van der Waals surface area contributed by atoms with Crippen molar-refractivity contribution in [2.24, 2.45) is 0 Å². The van der Waals surface area contributed by atoms with Crippen LogP contribution in [0.25, 0.3) is 11.4 Å². The standard InChI is InChI=1S/C4H3N5O2/c10-4-2-1-5-6-3(2)7-9(11)8-4/h1,11H,(H,8,10). The second-order valence-corrected chi connectivity index (χ2v) is 1.91. The van der Waals surface area contributed by atoms with Crippen LogP contribution in [0.1, 0.15) is 0 Å². The maximum Gasteiger partial charge on any atom is 0.279 e. The van der Waals surface area contributed by atoms with Gasteiger partial charge in [0, 0.05) is 0 Å². The molecule has 0 aromatic carbocycles. The van der Waals surface area contributed by atoms with Gasteiger partial charge >= 0.3 is 0 Å². The Balaban J connectivity index is 2.90. The number of hydrogen-bond donors (Lipinski definition) is 2. The lowest BCUT2D eigenvalue weighted by Gasteiger charge is -1.95. The third kappa shape index (κ3) is 0.741. The first-order chi connectivity index (χ1) is 5.27. The monoisotopic (exact) mass is 153 g/mol. The third-order valence-corrected chi connectivity index (χ3v) is 1.22. The Labute approximate surface area is 59.6 Å². The SMILES string of the molecule is O=c1[nH]n(O)nc2nncc1-2. The first-order valence-corrected chi connectivity index (χ1v) is 2.77. The molecule has 2 heterocycles. The van der Waals surface area contributed by atoms with Crippen molar-refractivity contribution in [3.63, 3.8) is 0 Å². The summed E-state index contributed by atoms with van der Waals surface area (Å²) in [5.74, 6) is 0.122. The molecule has 0 unspecified atom stereocenters. The lowest BCUT2D eigenvalue weighted by Crippen LogP contribution is -2.19. The van der Waals surface area contributed by atoms with Crippen LogP contribution in [-0.2, 0) is 0 Å². The lowest BCUT2D eigenvalue weighted by molar-refractivity contribution is 0.101. The highest BCUT2D eigenvalue weighted by atomic mass is 16.5. The molecule has 7 nitrogen and oxygen atoms in total. The zero-order valence-corrected chi connectivity index (χ0v) is 5.22. The Morgan fingerprint density at radius 2 is 2.45 bits per heavy atom. The van der Waals surface area contributed by atoms with E-state index in [4.69, 9.17) is 5.21 Å². The van der Waals surface area contributed by atoms with Crippen LogP contribution in [0.5, 0.6) is 0 Å². The molecule has 7 heteroatoms. The third-order valence-electron chi connectivity index (χ3n) is 1.22. The molecule has 0 fully saturated rings. The first kappa shape index (κ1) is 5.83. The number of fused-ring (bicyclic) bond motifs is 1. The van der Waals surface area contributed by atoms with Crippen molar-refractivity contribution in [1.82, 2.24) is 25.4 Å². The molecule has 2 rings (SSSR count). The molecule has 2 aliphatic heterocycles. The number of aromatic nitrogens is 5. The quantitative estimate of drug-likeness (QED) is 0.458. The van der Waals surface area contributed by atoms with Crippen LogP contribution in [0.2, 0.25) is 0 Å². The molecular formula is C4H3N5O2. The number of rotatable bonds is 0. The number of nitrogens with zero attached hydrogens (tertiary/aromatic N) is 4. The molecule has 11 heavy (non-hydrogen) atoms. The highest BCUT2D eigenvalue weighted by molar-refractivity contribution is 5.50. The van der Waals surface area contributed by atoms with Crippen molar-refractivity contribution in [1.29, 1.82) is 0 Å². The number of aromatic amines is 1. The van der Waals surface area contributed by atoms with Crippen molar-refractivity contribution in [2.75, 3.05) is 0 Å². The second kappa shape index (κ2) is 1.78. The van der Waals surface area contributed by atoms with Gasteiger partial charge in [0.2, 0.25) is 5.82 Å². The van der Waals surface area contributed by atoms with E-state index in [9.17, 15) is 4.79 Å². The topological polar surface area (TPSA) is 96.7 Å². The molecule has 2 aliphatic rings. The van der Waals surface area contributed by atoms with E-state index in [0.29, 0.717) is 4.96 Å². The Morgan fingerprint density at radius 1 is 1.64 bits per heavy atom. The molecule has 0 aromatic heterocycles. The maximum absolute atomic E-state index is 10.9. The second-order valence-electron chi connectivity index (χ2n) is 1.91. The van der Waals surface area contributed by atoms with Crippen LogP contribution in [0, 0.1) is 0 Å². The molecule has 56 valence electrons. The zero-order chi connectivity index (χ0) is 7.84. The van der Waals surface area contributed by atoms with Crippen molar-refractivity contribution < 1.29 is 5.21 Å². The molecule has 0 amide bonds. The highest BCUT2D eigenvalue weighted by Gasteiger charge is 2.11. The average Bonchev–Trinajstić information content (AvgIpc) is 2.34. The fourth-order valence-electron chi connectivity index (χ4n) is 0.753. The lowest BCUT2D eigenvalue weighted by atomic mass is 10.3. The van der Waals surface area contributed by atoms with Crippen LogP contribution in [0.4, 0.5) is 0 Å². The number of H-pyrrole nitrogens is 1. The summed E-state index contributed by atoms with van der Waals surface area (Å²) < 4.78 is 0. The summed E-state index contributed by atoms with van der Waals surface area (Å²) in [6.07, 6.45) is 1.28. The van der Waals surface area contributed by atoms with E-state index in [2.05, 4.69) is 15.3 Å². The molecule has 0 saturated heterocycles. The van der Waals surface area contributed by atoms with Crippen molar-refractivity contribution in [3.8, 4) is 11.4 Å². The van der Waals surface area contributed by atoms with Gasteiger partial charge in [-0.25, -0.2) is 5.10 Å². The smallest absolute Gasteiger partial charge is 0.279 e. The molecule has 0 atom stereocenters. The average molecular weight is 153 g/mol. The van der Waals surface area contributed by atoms with E-state index in [1.54, 1.807) is 0 Å². The van der Waals surface area contributed by atoms with Gasteiger partial charge in [0.25, 0.3) is 5.56 Å². The van der Waals surface area contributed by atoms with Gasteiger partial charge in [0.1, 0.15) is 5.56 Å². The normalized spacial score (nSPS) is 10.5. The molecule has 0 radical (unpaired) electrons. The Bertz CT molecular complexity index is 403. The summed E-state index contributed by atoms with van der Waals surface area (Å²) in [7, 11) is 0. The highest BCUT2D eigenvalue weighted by Crippen LogP contribution is 2.05. The summed E-state index contributed by atoms with van der Waals surface area (Å²) in [4.78, 5) is 11.2. The number of nitrogens with one attached hydrogen (secondary N) is 1. The first-order valence-electron chi connectivity index (χ1n) is 2.77. The van der Waals surface area contributed by atoms with Gasteiger partial charge in [0.05, 0.1) is 6.20 Å². The summed E-state index contributed by atoms with van der Waals surface area (Å²) >= 11 is 0. The molecule has 2 N–H and O–H groups in total. The minimum absolute atomic E-state index is 0.122. The summed E-state index contributed by atoms with van der Waals surface area (Å²) in [5.41, 5.74) is -0.210. The van der Waals surface area contributed by atoms with Crippen LogP contribution < -0.4 is 5.56 Å². The summed E-state index contributed by atoms with van der Waals surface area (Å²) in [5, 5.41) is 21.1. The van der Waals surface area contributed by atoms with Crippen LogP contribution in [-0.4, -0.2) is 30.6 Å². The van der Waals surface area contributed by atoms with Crippen LogP contribution in [0.15, 0.2) is 11.0 Å². The van der Waals surface area contributed by atoms with Gasteiger partial charge in [0.15, 0.2) is 0 Å². The molecule has 0 spiro atoms. The molecule has 0 saturated carbocycles. The summed E-state index contributed by atoms with van der Waals surface area (Å²) in [6.45, 7) is 0. The largest absolute Gasteiger partial charge is 0.398 e. The Morgan fingerprint density at radius 3 is 3.27 bits per heavy atom. The molecular weight excluding hydrogens is 150 g/mol. The van der Waals surface area contributed by atoms with Crippen LogP contribution >= 0.6 is 0 Å². The maximum atomic E-state index is 10.9. The van der Waals surface area contributed by atoms with E-state index in [1.165, 1.54) is 6.20 Å². The van der Waals surface area contributed by atoms with Crippen molar-refractivity contribution in [3.05, 3.63) is 16.6 Å². The van der Waals surface area contributed by atoms with Crippen molar-refractivity contribution >= 4 is 0 Å². The molecule has 0 bridgehead atoms. The molecule has 0 aliphatic carbocycles. The van der Waals surface area contributed by atoms with Crippen molar-refractivity contribution in [2.45, 2.75) is 0 Å². The van der Waals surface area contributed by atoms with Gasteiger partial charge in [-0.1, -0.05) is 5.10 Å². The van der Waals surface area contributed by atoms with Gasteiger partial charge in [-0.2, -0.15) is 5.10 Å². The Hall–Kier alpha value is -1.92. The van der Waals surface area contributed by atoms with E-state index < -0.39 is 5.56 Å². The van der Waals surface area contributed by atoms with E-state index in [0.717, 1.165) is 0 Å². The minimum Gasteiger partial charge on any atom is -0.398 e. The predicted molar refractivity (Wildman–Crippen MR) is 32.2 cm³/mol. The van der Waals surface area contributed by atoms with Gasteiger partial charge < -0.3 is 5.21 Å². The Kier molecular flexibility index (Phi) is 0.945. The predicted octanol–water partition coefficient (Wildman–Crippen LogP) is -1.30. The van der Waals surface area contributed by atoms with Gasteiger partial charge in [-0.05, 0) is 4.96 Å².